The second-order valence-electron chi connectivity index (χ2n) is 8.77. The first-order chi connectivity index (χ1) is 17.3. The van der Waals surface area contributed by atoms with Gasteiger partial charge in [0, 0.05) is 12.3 Å². The molecule has 0 saturated carbocycles. The highest BCUT2D eigenvalue weighted by Gasteiger charge is 2.31. The fraction of sp³-hybridized carbons (Fsp3) is 0.519. The molecule has 198 valence electrons. The molecular weight excluding hydrogens is 471 g/mol. The Morgan fingerprint density at radius 3 is 2.17 bits per heavy atom. The number of pyridine rings is 1. The van der Waals surface area contributed by atoms with Crippen LogP contribution in [0.2, 0.25) is 0 Å². The molecular formula is C27H36F3N3O3. The number of alkyl halides is 3. The summed E-state index contributed by atoms with van der Waals surface area (Å²) in [5, 5.41) is 3.80. The molecule has 2 rings (SSSR count). The fourth-order valence-corrected chi connectivity index (χ4v) is 3.62. The van der Waals surface area contributed by atoms with E-state index in [9.17, 15) is 22.8 Å². The van der Waals surface area contributed by atoms with E-state index in [-0.39, 0.29) is 0 Å². The largest absolute Gasteiger partial charge is 0.494 e. The average molecular weight is 508 g/mol. The number of carbonyl (C=O) groups is 1. The molecule has 1 aromatic heterocycles. The van der Waals surface area contributed by atoms with Crippen molar-refractivity contribution in [2.45, 2.75) is 83.9 Å². The molecule has 1 aromatic carbocycles. The molecule has 0 unspecified atom stereocenters. The summed E-state index contributed by atoms with van der Waals surface area (Å²) in [6.07, 6.45) is 10.1. The first kappa shape index (κ1) is 29.1. The van der Waals surface area contributed by atoms with Crippen molar-refractivity contribution >= 4 is 12.1 Å². The van der Waals surface area contributed by atoms with Crippen LogP contribution in [0, 0.1) is 0 Å². The lowest BCUT2D eigenvalue weighted by Gasteiger charge is -2.09. The zero-order chi connectivity index (χ0) is 26.2. The van der Waals surface area contributed by atoms with Gasteiger partial charge < -0.3 is 9.30 Å². The van der Waals surface area contributed by atoms with Gasteiger partial charge in [-0.3, -0.25) is 9.59 Å². The number of halogens is 3. The van der Waals surface area contributed by atoms with Crippen LogP contribution >= 0.6 is 0 Å². The topological polar surface area (TPSA) is 72.7 Å². The molecule has 1 heterocycles. The quantitative estimate of drug-likeness (QED) is 0.164. The number of ether oxygens (including phenoxy) is 1. The van der Waals surface area contributed by atoms with E-state index in [1.807, 2.05) is 12.1 Å². The number of carbonyl (C=O) groups excluding carboxylic acids is 1. The lowest BCUT2D eigenvalue weighted by Crippen LogP contribution is -2.30. The number of hydrazone groups is 1. The normalized spacial score (nSPS) is 11.7. The SMILES string of the molecule is CCCCCCCCCCCCOc1ccc(/C=N/NC(=O)Cn2cc(C(F)(F)F)ccc2=O)cc1. The van der Waals surface area contributed by atoms with Crippen LogP contribution in [0.3, 0.4) is 0 Å². The van der Waals surface area contributed by atoms with Crippen LogP contribution in [0.1, 0.15) is 82.3 Å². The van der Waals surface area contributed by atoms with Crippen molar-refractivity contribution in [3.63, 3.8) is 0 Å². The van der Waals surface area contributed by atoms with Crippen molar-refractivity contribution in [2.24, 2.45) is 5.10 Å². The number of nitrogens with one attached hydrogen (secondary N) is 1. The van der Waals surface area contributed by atoms with E-state index in [0.717, 1.165) is 24.7 Å². The Kier molecular flexibility index (Phi) is 12.8. The lowest BCUT2D eigenvalue weighted by molar-refractivity contribution is -0.138. The Labute approximate surface area is 210 Å². The Morgan fingerprint density at radius 2 is 1.56 bits per heavy atom. The molecule has 0 radical (unpaired) electrons. The predicted octanol–water partition coefficient (Wildman–Crippen LogP) is 6.32. The summed E-state index contributed by atoms with van der Waals surface area (Å²) in [5.41, 5.74) is 1.20. The Bertz CT molecular complexity index is 1000. The van der Waals surface area contributed by atoms with Crippen molar-refractivity contribution in [3.05, 3.63) is 64.1 Å². The molecule has 0 spiro atoms. The maximum Gasteiger partial charge on any atom is 0.417 e. The molecule has 36 heavy (non-hydrogen) atoms. The van der Waals surface area contributed by atoms with Gasteiger partial charge in [0.15, 0.2) is 0 Å². The molecule has 0 aliphatic rings. The van der Waals surface area contributed by atoms with Gasteiger partial charge in [-0.2, -0.15) is 18.3 Å². The highest BCUT2D eigenvalue weighted by atomic mass is 19.4. The highest BCUT2D eigenvalue weighted by Crippen LogP contribution is 2.28. The summed E-state index contributed by atoms with van der Waals surface area (Å²) in [7, 11) is 0. The molecule has 9 heteroatoms. The molecule has 2 aromatic rings. The zero-order valence-electron chi connectivity index (χ0n) is 20.9. The van der Waals surface area contributed by atoms with Gasteiger partial charge in [-0.25, -0.2) is 5.43 Å². The summed E-state index contributed by atoms with van der Waals surface area (Å²) in [5.74, 6) is 0.0279. The molecule has 1 N–H and O–H groups in total. The summed E-state index contributed by atoms with van der Waals surface area (Å²) in [6, 6.07) is 8.63. The van der Waals surface area contributed by atoms with Gasteiger partial charge in [-0.1, -0.05) is 64.7 Å². The number of amides is 1. The standard InChI is InChI=1S/C27H36F3N3O3/c1-2-3-4-5-6-7-8-9-10-11-18-36-24-15-12-22(13-16-24)19-31-32-25(34)21-33-20-23(27(28,29)30)14-17-26(33)35/h12-17,19-20H,2-11,18,21H2,1H3,(H,32,34)/b31-19+. The number of rotatable bonds is 16. The van der Waals surface area contributed by atoms with Gasteiger partial charge in [-0.05, 0) is 42.3 Å². The van der Waals surface area contributed by atoms with Crippen molar-refractivity contribution < 1.29 is 22.7 Å². The van der Waals surface area contributed by atoms with Gasteiger partial charge in [0.1, 0.15) is 12.3 Å². The third kappa shape index (κ3) is 11.6. The third-order valence-corrected chi connectivity index (χ3v) is 5.67. The van der Waals surface area contributed by atoms with E-state index >= 15 is 0 Å². The maximum atomic E-state index is 12.8. The molecule has 0 fully saturated rings. The number of unbranched alkanes of at least 4 members (excludes halogenated alkanes) is 9. The first-order valence-corrected chi connectivity index (χ1v) is 12.6. The van der Waals surface area contributed by atoms with E-state index in [2.05, 4.69) is 17.5 Å². The van der Waals surface area contributed by atoms with Crippen LogP contribution < -0.4 is 15.7 Å². The van der Waals surface area contributed by atoms with E-state index in [0.29, 0.717) is 29.0 Å². The number of nitrogens with zero attached hydrogens (tertiary/aromatic N) is 2. The van der Waals surface area contributed by atoms with Crippen LogP contribution in [-0.2, 0) is 17.5 Å². The monoisotopic (exact) mass is 507 g/mol. The Morgan fingerprint density at radius 1 is 0.944 bits per heavy atom. The van der Waals surface area contributed by atoms with Crippen LogP contribution in [-0.4, -0.2) is 23.3 Å². The van der Waals surface area contributed by atoms with E-state index in [4.69, 9.17) is 4.74 Å². The molecule has 0 aliphatic carbocycles. The number of hydrogen-bond donors (Lipinski definition) is 1. The third-order valence-electron chi connectivity index (χ3n) is 5.67. The van der Waals surface area contributed by atoms with E-state index < -0.39 is 29.8 Å². The van der Waals surface area contributed by atoms with Crippen molar-refractivity contribution in [3.8, 4) is 5.75 Å². The Balaban J connectivity index is 1.64. The van der Waals surface area contributed by atoms with Crippen molar-refractivity contribution in [2.75, 3.05) is 6.61 Å². The predicted molar refractivity (Wildman–Crippen MR) is 135 cm³/mol. The number of hydrogen-bond acceptors (Lipinski definition) is 4. The summed E-state index contributed by atoms with van der Waals surface area (Å²) >= 11 is 0. The highest BCUT2D eigenvalue weighted by molar-refractivity contribution is 5.82. The second-order valence-corrected chi connectivity index (χ2v) is 8.77. The van der Waals surface area contributed by atoms with E-state index in [1.165, 1.54) is 57.6 Å². The molecule has 0 atom stereocenters. The fourth-order valence-electron chi connectivity index (χ4n) is 3.62. The van der Waals surface area contributed by atoms with Gasteiger partial charge >= 0.3 is 6.18 Å². The van der Waals surface area contributed by atoms with E-state index in [1.54, 1.807) is 12.1 Å². The van der Waals surface area contributed by atoms with Crippen LogP contribution in [0.4, 0.5) is 13.2 Å². The Hall–Kier alpha value is -3.10. The minimum Gasteiger partial charge on any atom is -0.494 e. The smallest absolute Gasteiger partial charge is 0.417 e. The van der Waals surface area contributed by atoms with Crippen molar-refractivity contribution in [1.29, 1.82) is 0 Å². The zero-order valence-corrected chi connectivity index (χ0v) is 20.9. The van der Waals surface area contributed by atoms with Crippen LogP contribution in [0.5, 0.6) is 5.75 Å². The minimum atomic E-state index is -4.60. The summed E-state index contributed by atoms with van der Waals surface area (Å²) in [4.78, 5) is 23.7. The van der Waals surface area contributed by atoms with Gasteiger partial charge in [0.05, 0.1) is 18.4 Å². The maximum absolute atomic E-state index is 12.8. The lowest BCUT2D eigenvalue weighted by atomic mass is 10.1. The van der Waals surface area contributed by atoms with Crippen molar-refractivity contribution in [1.82, 2.24) is 9.99 Å². The molecule has 0 saturated heterocycles. The number of aromatic nitrogens is 1. The number of benzene rings is 1. The summed E-state index contributed by atoms with van der Waals surface area (Å²) < 4.78 is 44.8. The first-order valence-electron chi connectivity index (χ1n) is 12.6. The van der Waals surface area contributed by atoms with Crippen LogP contribution in [0.15, 0.2) is 52.5 Å². The van der Waals surface area contributed by atoms with Gasteiger partial charge in [0.25, 0.3) is 11.5 Å². The molecule has 1 amide bonds. The molecule has 0 aliphatic heterocycles. The van der Waals surface area contributed by atoms with Gasteiger partial charge in [-0.15, -0.1) is 0 Å². The summed E-state index contributed by atoms with van der Waals surface area (Å²) in [6.45, 7) is 2.32. The average Bonchev–Trinajstić information content (AvgIpc) is 2.84. The molecule has 6 nitrogen and oxygen atoms in total. The van der Waals surface area contributed by atoms with Crippen LogP contribution in [0.25, 0.3) is 0 Å². The second kappa shape index (κ2) is 15.8. The molecule has 0 bridgehead atoms. The minimum absolute atomic E-state index is 0.578. The van der Waals surface area contributed by atoms with Gasteiger partial charge in [0.2, 0.25) is 0 Å².